The summed E-state index contributed by atoms with van der Waals surface area (Å²) in [5, 5.41) is 11.6. The van der Waals surface area contributed by atoms with Gasteiger partial charge in [-0.1, -0.05) is 12.2 Å². The van der Waals surface area contributed by atoms with Gasteiger partial charge in [-0.05, 0) is 13.3 Å². The van der Waals surface area contributed by atoms with Crippen molar-refractivity contribution in [3.8, 4) is 0 Å². The number of carbonyl (C=O) groups is 2. The second-order valence-corrected chi connectivity index (χ2v) is 3.71. The Balaban J connectivity index is 2.44. The molecular weight excluding hydrogens is 224 g/mol. The Kier molecular flexibility index (Phi) is 5.48. The number of urea groups is 1. The lowest BCUT2D eigenvalue weighted by atomic mass is 10.2. The molecule has 0 radical (unpaired) electrons. The van der Waals surface area contributed by atoms with Crippen LogP contribution in [0.4, 0.5) is 4.79 Å². The second-order valence-electron chi connectivity index (χ2n) is 3.71. The van der Waals surface area contributed by atoms with Gasteiger partial charge in [0, 0.05) is 13.1 Å². The van der Waals surface area contributed by atoms with Crippen LogP contribution in [-0.2, 0) is 9.53 Å². The average molecular weight is 242 g/mol. The molecule has 1 unspecified atom stereocenters. The topological polar surface area (TPSA) is 78.9 Å². The van der Waals surface area contributed by atoms with Gasteiger partial charge in [0.1, 0.15) is 0 Å². The first kappa shape index (κ1) is 13.5. The van der Waals surface area contributed by atoms with Gasteiger partial charge < -0.3 is 20.1 Å². The van der Waals surface area contributed by atoms with E-state index in [4.69, 9.17) is 9.84 Å². The van der Waals surface area contributed by atoms with Crippen molar-refractivity contribution in [2.24, 2.45) is 0 Å². The predicted molar refractivity (Wildman–Crippen MR) is 61.8 cm³/mol. The molecule has 1 atom stereocenters. The highest BCUT2D eigenvalue weighted by atomic mass is 16.5. The fourth-order valence-electron chi connectivity index (χ4n) is 1.58. The number of aliphatic carboxylic acids is 1. The molecule has 1 aliphatic heterocycles. The Morgan fingerprint density at radius 3 is 3.00 bits per heavy atom. The molecule has 0 aromatic heterocycles. The highest BCUT2D eigenvalue weighted by molar-refractivity contribution is 5.82. The summed E-state index contributed by atoms with van der Waals surface area (Å²) >= 11 is 0. The molecule has 1 aliphatic rings. The summed E-state index contributed by atoms with van der Waals surface area (Å²) in [5.41, 5.74) is 0. The van der Waals surface area contributed by atoms with Gasteiger partial charge in [0.15, 0.2) is 6.04 Å². The minimum absolute atomic E-state index is 0.0532. The molecule has 0 aromatic carbocycles. The van der Waals surface area contributed by atoms with Crippen molar-refractivity contribution in [1.29, 1.82) is 0 Å². The Labute approximate surface area is 100 Å². The number of rotatable bonds is 4. The summed E-state index contributed by atoms with van der Waals surface area (Å²) in [6.07, 6.45) is 4.58. The lowest BCUT2D eigenvalue weighted by Gasteiger charge is -2.32. The zero-order valence-corrected chi connectivity index (χ0v) is 9.89. The largest absolute Gasteiger partial charge is 0.480 e. The van der Waals surface area contributed by atoms with Gasteiger partial charge in [-0.3, -0.25) is 0 Å². The van der Waals surface area contributed by atoms with Crippen LogP contribution in [0.15, 0.2) is 12.2 Å². The van der Waals surface area contributed by atoms with E-state index in [0.29, 0.717) is 19.7 Å². The molecule has 0 saturated carbocycles. The van der Waals surface area contributed by atoms with Crippen LogP contribution >= 0.6 is 0 Å². The molecule has 1 heterocycles. The number of ether oxygens (including phenoxy) is 1. The molecule has 1 rings (SSSR count). The summed E-state index contributed by atoms with van der Waals surface area (Å²) in [6, 6.07) is -1.23. The van der Waals surface area contributed by atoms with Crippen molar-refractivity contribution in [2.45, 2.75) is 19.4 Å². The van der Waals surface area contributed by atoms with E-state index in [-0.39, 0.29) is 12.6 Å². The van der Waals surface area contributed by atoms with Crippen LogP contribution in [0.3, 0.4) is 0 Å². The minimum Gasteiger partial charge on any atom is -0.480 e. The van der Waals surface area contributed by atoms with Crippen LogP contribution in [0.2, 0.25) is 0 Å². The number of nitrogens with zero attached hydrogens (tertiary/aromatic N) is 1. The average Bonchev–Trinajstić information content (AvgIpc) is 2.34. The van der Waals surface area contributed by atoms with Crippen LogP contribution in [0.5, 0.6) is 0 Å². The van der Waals surface area contributed by atoms with Crippen molar-refractivity contribution < 1.29 is 19.4 Å². The molecule has 2 N–H and O–H groups in total. The van der Waals surface area contributed by atoms with Gasteiger partial charge in [0.25, 0.3) is 0 Å². The number of allylic oxidation sites excluding steroid dienone is 1. The molecule has 6 nitrogen and oxygen atoms in total. The van der Waals surface area contributed by atoms with E-state index in [2.05, 4.69) is 5.32 Å². The maximum Gasteiger partial charge on any atom is 0.328 e. The number of carbonyl (C=O) groups excluding carboxylic acids is 1. The van der Waals surface area contributed by atoms with Gasteiger partial charge in [-0.25, -0.2) is 9.59 Å². The molecule has 96 valence electrons. The fraction of sp³-hybridized carbons (Fsp3) is 0.636. The molecule has 0 aromatic rings. The van der Waals surface area contributed by atoms with Gasteiger partial charge in [-0.2, -0.15) is 0 Å². The highest BCUT2D eigenvalue weighted by Gasteiger charge is 2.32. The van der Waals surface area contributed by atoms with E-state index >= 15 is 0 Å². The molecule has 0 bridgehead atoms. The lowest BCUT2D eigenvalue weighted by molar-refractivity contribution is -0.147. The monoisotopic (exact) mass is 242 g/mol. The third-order valence-corrected chi connectivity index (χ3v) is 2.50. The van der Waals surface area contributed by atoms with Crippen LogP contribution in [0, 0.1) is 0 Å². The Bertz CT molecular complexity index is 304. The summed E-state index contributed by atoms with van der Waals surface area (Å²) in [4.78, 5) is 24.0. The minimum atomic E-state index is -1.03. The molecule has 0 aliphatic carbocycles. The van der Waals surface area contributed by atoms with Crippen LogP contribution in [-0.4, -0.2) is 54.4 Å². The molecule has 6 heteroatoms. The zero-order valence-electron chi connectivity index (χ0n) is 9.89. The van der Waals surface area contributed by atoms with E-state index < -0.39 is 12.0 Å². The Morgan fingerprint density at radius 2 is 2.35 bits per heavy atom. The number of hydrogen-bond donors (Lipinski definition) is 2. The number of carboxylic acid groups (broad SMARTS) is 1. The first-order chi connectivity index (χ1) is 8.16. The van der Waals surface area contributed by atoms with Gasteiger partial charge in [0.05, 0.1) is 13.2 Å². The van der Waals surface area contributed by atoms with Crippen molar-refractivity contribution in [2.75, 3.05) is 26.3 Å². The van der Waals surface area contributed by atoms with Crippen molar-refractivity contribution in [3.63, 3.8) is 0 Å². The van der Waals surface area contributed by atoms with Crippen molar-refractivity contribution >= 4 is 12.0 Å². The van der Waals surface area contributed by atoms with Gasteiger partial charge >= 0.3 is 12.0 Å². The SMILES string of the molecule is C/C=C/CCNC(=O)N1CCOCC1C(=O)O. The molecule has 17 heavy (non-hydrogen) atoms. The summed E-state index contributed by atoms with van der Waals surface area (Å²) in [5.74, 6) is -1.03. The van der Waals surface area contributed by atoms with Gasteiger partial charge in [-0.15, -0.1) is 0 Å². The highest BCUT2D eigenvalue weighted by Crippen LogP contribution is 2.07. The lowest BCUT2D eigenvalue weighted by Crippen LogP contribution is -2.55. The first-order valence-corrected chi connectivity index (χ1v) is 5.63. The molecule has 2 amide bonds. The van der Waals surface area contributed by atoms with E-state index in [0.717, 1.165) is 6.42 Å². The van der Waals surface area contributed by atoms with Crippen molar-refractivity contribution in [3.05, 3.63) is 12.2 Å². The van der Waals surface area contributed by atoms with Crippen LogP contribution < -0.4 is 5.32 Å². The number of morpholine rings is 1. The third-order valence-electron chi connectivity index (χ3n) is 2.50. The van der Waals surface area contributed by atoms with Crippen LogP contribution in [0.25, 0.3) is 0 Å². The number of carboxylic acids is 1. The summed E-state index contributed by atoms with van der Waals surface area (Å²) in [7, 11) is 0. The van der Waals surface area contributed by atoms with Crippen molar-refractivity contribution in [1.82, 2.24) is 10.2 Å². The number of amides is 2. The third kappa shape index (κ3) is 4.07. The number of nitrogens with one attached hydrogen (secondary N) is 1. The number of hydrogen-bond acceptors (Lipinski definition) is 3. The molecule has 1 fully saturated rings. The quantitative estimate of drug-likeness (QED) is 0.554. The maximum absolute atomic E-state index is 11.7. The van der Waals surface area contributed by atoms with Crippen LogP contribution in [0.1, 0.15) is 13.3 Å². The summed E-state index contributed by atoms with van der Waals surface area (Å²) in [6.45, 7) is 3.16. The Morgan fingerprint density at radius 1 is 1.59 bits per heavy atom. The predicted octanol–water partition coefficient (Wildman–Crippen LogP) is 0.448. The van der Waals surface area contributed by atoms with E-state index in [1.165, 1.54) is 4.90 Å². The normalized spacial score (nSPS) is 20.5. The molecule has 1 saturated heterocycles. The zero-order chi connectivity index (χ0) is 12.7. The first-order valence-electron chi connectivity index (χ1n) is 5.63. The second kappa shape index (κ2) is 6.90. The van der Waals surface area contributed by atoms with E-state index in [1.807, 2.05) is 19.1 Å². The van der Waals surface area contributed by atoms with E-state index in [9.17, 15) is 9.59 Å². The van der Waals surface area contributed by atoms with E-state index in [1.54, 1.807) is 0 Å². The molecular formula is C11H18N2O4. The van der Waals surface area contributed by atoms with Gasteiger partial charge in [0.2, 0.25) is 0 Å². The Hall–Kier alpha value is -1.56. The standard InChI is InChI=1S/C11H18N2O4/c1-2-3-4-5-12-11(16)13-6-7-17-8-9(13)10(14)15/h2-3,9H,4-8H2,1H3,(H,12,16)(H,14,15)/b3-2+. The molecule has 0 spiro atoms. The smallest absolute Gasteiger partial charge is 0.328 e. The fourth-order valence-corrected chi connectivity index (χ4v) is 1.58. The summed E-state index contributed by atoms with van der Waals surface area (Å²) < 4.78 is 5.05. The maximum atomic E-state index is 11.7.